The van der Waals surface area contributed by atoms with Crippen LogP contribution < -0.4 is 0 Å². The number of aromatic nitrogens is 1. The van der Waals surface area contributed by atoms with Crippen molar-refractivity contribution in [2.24, 2.45) is 5.92 Å². The van der Waals surface area contributed by atoms with Gasteiger partial charge in [-0.05, 0) is 32.1 Å². The van der Waals surface area contributed by atoms with Crippen LogP contribution in [0.3, 0.4) is 0 Å². The molecule has 1 atom stereocenters. The van der Waals surface area contributed by atoms with Crippen molar-refractivity contribution in [1.82, 2.24) is 9.88 Å². The summed E-state index contributed by atoms with van der Waals surface area (Å²) in [4.78, 5) is 20.0. The topological polar surface area (TPSA) is 42.4 Å². The number of rotatable bonds is 2. The van der Waals surface area contributed by atoms with E-state index in [1.807, 2.05) is 0 Å². The number of thiazole rings is 1. The molecule has 2 saturated heterocycles. The maximum Gasteiger partial charge on any atom is 0.226 e. The number of piperidine rings is 1. The van der Waals surface area contributed by atoms with Crippen LogP contribution in [-0.4, -0.2) is 35.5 Å². The highest BCUT2D eigenvalue weighted by atomic mass is 32.1. The Hall–Kier alpha value is -0.940. The molecular formula is C18H28N2O2S. The van der Waals surface area contributed by atoms with E-state index in [0.29, 0.717) is 5.91 Å². The molecule has 2 aliphatic rings. The van der Waals surface area contributed by atoms with E-state index < -0.39 is 0 Å². The van der Waals surface area contributed by atoms with Gasteiger partial charge in [0.2, 0.25) is 5.91 Å². The van der Waals surface area contributed by atoms with Crippen LogP contribution in [0.4, 0.5) is 0 Å². The average Bonchev–Trinajstić information content (AvgIpc) is 3.05. The van der Waals surface area contributed by atoms with Crippen LogP contribution in [0.1, 0.15) is 69.6 Å². The van der Waals surface area contributed by atoms with Crippen molar-refractivity contribution in [3.05, 3.63) is 16.1 Å². The van der Waals surface area contributed by atoms with E-state index in [-0.39, 0.29) is 17.4 Å². The molecule has 0 saturated carbocycles. The van der Waals surface area contributed by atoms with Crippen molar-refractivity contribution < 1.29 is 9.53 Å². The van der Waals surface area contributed by atoms with Gasteiger partial charge in [-0.3, -0.25) is 4.79 Å². The number of nitrogens with zero attached hydrogens (tertiary/aromatic N) is 2. The third-order valence-electron chi connectivity index (χ3n) is 4.93. The van der Waals surface area contributed by atoms with Crippen molar-refractivity contribution >= 4 is 17.2 Å². The molecule has 1 aromatic heterocycles. The summed E-state index contributed by atoms with van der Waals surface area (Å²) in [6, 6.07) is 0.181. The summed E-state index contributed by atoms with van der Waals surface area (Å²) in [6.07, 6.45) is 5.09. The molecule has 3 rings (SSSR count). The average molecular weight is 337 g/mol. The molecule has 5 heteroatoms. The summed E-state index contributed by atoms with van der Waals surface area (Å²) in [7, 11) is 0. The molecule has 4 nitrogen and oxygen atoms in total. The summed E-state index contributed by atoms with van der Waals surface area (Å²) >= 11 is 1.72. The molecule has 0 radical (unpaired) electrons. The minimum absolute atomic E-state index is 0.0684. The zero-order valence-electron chi connectivity index (χ0n) is 14.5. The molecule has 0 spiro atoms. The van der Waals surface area contributed by atoms with Crippen LogP contribution in [0.15, 0.2) is 5.38 Å². The minimum Gasteiger partial charge on any atom is -0.381 e. The number of likely N-dealkylation sites (tertiary alicyclic amines) is 1. The van der Waals surface area contributed by atoms with Gasteiger partial charge >= 0.3 is 0 Å². The lowest BCUT2D eigenvalue weighted by atomic mass is 9.93. The number of hydrogen-bond donors (Lipinski definition) is 0. The van der Waals surface area contributed by atoms with Crippen molar-refractivity contribution in [2.75, 3.05) is 19.8 Å². The van der Waals surface area contributed by atoms with Crippen molar-refractivity contribution in [2.45, 2.75) is 64.3 Å². The Balaban J connectivity index is 1.78. The van der Waals surface area contributed by atoms with E-state index >= 15 is 0 Å². The molecular weight excluding hydrogens is 308 g/mol. The second-order valence-electron chi connectivity index (χ2n) is 7.75. The predicted octanol–water partition coefficient (Wildman–Crippen LogP) is 3.92. The minimum atomic E-state index is 0.0684. The van der Waals surface area contributed by atoms with Gasteiger partial charge in [0.15, 0.2) is 0 Å². The van der Waals surface area contributed by atoms with Gasteiger partial charge in [-0.15, -0.1) is 11.3 Å². The Kier molecular flexibility index (Phi) is 5.07. The van der Waals surface area contributed by atoms with Crippen LogP contribution in [0.25, 0.3) is 0 Å². The molecule has 1 unspecified atom stereocenters. The van der Waals surface area contributed by atoms with E-state index in [1.54, 1.807) is 11.3 Å². The lowest BCUT2D eigenvalue weighted by Crippen LogP contribution is -2.43. The summed E-state index contributed by atoms with van der Waals surface area (Å²) in [5, 5.41) is 3.29. The van der Waals surface area contributed by atoms with E-state index in [1.165, 1.54) is 6.42 Å². The van der Waals surface area contributed by atoms with Crippen molar-refractivity contribution in [1.29, 1.82) is 0 Å². The summed E-state index contributed by atoms with van der Waals surface area (Å²) in [5.41, 5.74) is 1.21. The second-order valence-corrected chi connectivity index (χ2v) is 8.64. The summed E-state index contributed by atoms with van der Waals surface area (Å²) < 4.78 is 5.41. The molecule has 2 fully saturated rings. The summed E-state index contributed by atoms with van der Waals surface area (Å²) in [6.45, 7) is 8.90. The number of carbonyl (C=O) groups is 1. The van der Waals surface area contributed by atoms with Gasteiger partial charge in [-0.2, -0.15) is 0 Å². The molecule has 2 aliphatic heterocycles. The SMILES string of the molecule is CC(C)(C)c1csc(C2CCCCN2C(=O)C2CCOCC2)n1. The third kappa shape index (κ3) is 3.77. The van der Waals surface area contributed by atoms with Crippen molar-refractivity contribution in [3.63, 3.8) is 0 Å². The standard InChI is InChI=1S/C18H28N2O2S/c1-18(2,3)15-12-23-16(19-15)14-6-4-5-9-20(14)17(21)13-7-10-22-11-8-13/h12-14H,4-11H2,1-3H3. The molecule has 1 amide bonds. The lowest BCUT2D eigenvalue weighted by molar-refractivity contribution is -0.142. The Morgan fingerprint density at radius 2 is 2.00 bits per heavy atom. The van der Waals surface area contributed by atoms with Gasteiger partial charge < -0.3 is 9.64 Å². The maximum absolute atomic E-state index is 13.0. The monoisotopic (exact) mass is 336 g/mol. The fourth-order valence-electron chi connectivity index (χ4n) is 3.42. The predicted molar refractivity (Wildman–Crippen MR) is 92.7 cm³/mol. The second kappa shape index (κ2) is 6.89. The molecule has 3 heterocycles. The fraction of sp³-hybridized carbons (Fsp3) is 0.778. The van der Waals surface area contributed by atoms with Gasteiger partial charge in [0.05, 0.1) is 11.7 Å². The Bertz CT molecular complexity index is 543. The van der Waals surface area contributed by atoms with E-state index in [0.717, 1.165) is 56.1 Å². The van der Waals surface area contributed by atoms with Crippen LogP contribution in [0, 0.1) is 5.92 Å². The van der Waals surface area contributed by atoms with Crippen molar-refractivity contribution in [3.8, 4) is 0 Å². The molecule has 1 aromatic rings. The molecule has 0 N–H and O–H groups in total. The molecule has 0 aliphatic carbocycles. The number of hydrogen-bond acceptors (Lipinski definition) is 4. The third-order valence-corrected chi connectivity index (χ3v) is 5.88. The smallest absolute Gasteiger partial charge is 0.226 e. The zero-order chi connectivity index (χ0) is 16.4. The molecule has 128 valence electrons. The number of ether oxygens (including phenoxy) is 1. The first-order valence-electron chi connectivity index (χ1n) is 8.81. The van der Waals surface area contributed by atoms with Gasteiger partial charge in [0.25, 0.3) is 0 Å². The van der Waals surface area contributed by atoms with Gasteiger partial charge in [0, 0.05) is 36.5 Å². The van der Waals surface area contributed by atoms with Crippen LogP contribution in [0.2, 0.25) is 0 Å². The van der Waals surface area contributed by atoms with E-state index in [2.05, 4.69) is 31.1 Å². The largest absolute Gasteiger partial charge is 0.381 e. The highest BCUT2D eigenvalue weighted by Gasteiger charge is 2.35. The number of carbonyl (C=O) groups excluding carboxylic acids is 1. The Labute approximate surface area is 143 Å². The van der Waals surface area contributed by atoms with E-state index in [4.69, 9.17) is 9.72 Å². The van der Waals surface area contributed by atoms with Crippen LogP contribution >= 0.6 is 11.3 Å². The summed E-state index contributed by atoms with van der Waals surface area (Å²) in [5.74, 6) is 0.469. The first kappa shape index (κ1) is 16.9. The Morgan fingerprint density at radius 3 is 2.65 bits per heavy atom. The number of amides is 1. The lowest BCUT2D eigenvalue weighted by Gasteiger charge is -2.37. The quantitative estimate of drug-likeness (QED) is 0.822. The highest BCUT2D eigenvalue weighted by Crippen LogP contribution is 2.36. The van der Waals surface area contributed by atoms with Gasteiger partial charge in [-0.25, -0.2) is 4.98 Å². The Morgan fingerprint density at radius 1 is 1.26 bits per heavy atom. The molecule has 0 aromatic carbocycles. The van der Waals surface area contributed by atoms with E-state index in [9.17, 15) is 4.79 Å². The highest BCUT2D eigenvalue weighted by molar-refractivity contribution is 7.09. The first-order chi connectivity index (χ1) is 11.0. The molecule has 0 bridgehead atoms. The fourth-order valence-corrected chi connectivity index (χ4v) is 4.61. The van der Waals surface area contributed by atoms with Gasteiger partial charge in [-0.1, -0.05) is 20.8 Å². The van der Waals surface area contributed by atoms with Gasteiger partial charge in [0.1, 0.15) is 5.01 Å². The maximum atomic E-state index is 13.0. The van der Waals surface area contributed by atoms with Crippen LogP contribution in [-0.2, 0) is 14.9 Å². The first-order valence-corrected chi connectivity index (χ1v) is 9.69. The molecule has 23 heavy (non-hydrogen) atoms. The zero-order valence-corrected chi connectivity index (χ0v) is 15.3. The van der Waals surface area contributed by atoms with Crippen LogP contribution in [0.5, 0.6) is 0 Å². The normalized spacial score (nSPS) is 24.0.